The lowest BCUT2D eigenvalue weighted by Crippen LogP contribution is -2.47. The number of piperazine rings is 1. The molecule has 37 heavy (non-hydrogen) atoms. The van der Waals surface area contributed by atoms with Gasteiger partial charge in [-0.2, -0.15) is 9.97 Å². The summed E-state index contributed by atoms with van der Waals surface area (Å²) in [6.45, 7) is 9.27. The number of halogens is 3. The molecule has 198 valence electrons. The van der Waals surface area contributed by atoms with E-state index in [9.17, 15) is 8.78 Å². The van der Waals surface area contributed by atoms with Crippen LogP contribution in [-0.2, 0) is 6.54 Å². The summed E-state index contributed by atoms with van der Waals surface area (Å²) in [6.07, 6.45) is 1.70. The fourth-order valence-electron chi connectivity index (χ4n) is 5.10. The molecule has 2 aliphatic rings. The summed E-state index contributed by atoms with van der Waals surface area (Å²) in [6, 6.07) is 10.6. The summed E-state index contributed by atoms with van der Waals surface area (Å²) in [5, 5.41) is 0.148. The maximum absolute atomic E-state index is 14.8. The second-order valence-corrected chi connectivity index (χ2v) is 10.5. The van der Waals surface area contributed by atoms with Gasteiger partial charge in [-0.15, -0.1) is 0 Å². The molecule has 2 atom stereocenters. The highest BCUT2D eigenvalue weighted by atomic mass is 35.5. The second-order valence-electron chi connectivity index (χ2n) is 10.1. The van der Waals surface area contributed by atoms with E-state index in [-0.39, 0.29) is 29.1 Å². The van der Waals surface area contributed by atoms with E-state index in [2.05, 4.69) is 55.9 Å². The van der Waals surface area contributed by atoms with Gasteiger partial charge in [0.25, 0.3) is 0 Å². The topological polar surface area (TPSA) is 57.6 Å². The van der Waals surface area contributed by atoms with Crippen molar-refractivity contribution in [3.8, 4) is 6.01 Å². The minimum absolute atomic E-state index is 0.0446. The molecule has 2 aliphatic heterocycles. The van der Waals surface area contributed by atoms with E-state index in [1.54, 1.807) is 0 Å². The van der Waals surface area contributed by atoms with Crippen LogP contribution in [-0.4, -0.2) is 83.3 Å². The predicted octanol–water partition coefficient (Wildman–Crippen LogP) is 4.59. The van der Waals surface area contributed by atoms with Gasteiger partial charge < -0.3 is 14.5 Å². The van der Waals surface area contributed by atoms with Crippen molar-refractivity contribution in [2.45, 2.75) is 32.5 Å². The normalized spacial score (nSPS) is 20.3. The first-order chi connectivity index (χ1) is 18.0. The van der Waals surface area contributed by atoms with Crippen LogP contribution in [0.2, 0.25) is 5.15 Å². The summed E-state index contributed by atoms with van der Waals surface area (Å²) in [7, 11) is 0. The van der Waals surface area contributed by atoms with Crippen LogP contribution in [0.5, 0.6) is 6.01 Å². The Balaban J connectivity index is 1.20. The van der Waals surface area contributed by atoms with Gasteiger partial charge in [0.1, 0.15) is 17.5 Å². The molecule has 1 aromatic carbocycles. The number of fused-ring (bicyclic) bond motifs is 1. The molecule has 0 aliphatic carbocycles. The Hall–Kier alpha value is -2.62. The fourth-order valence-corrected chi connectivity index (χ4v) is 5.24. The largest absolute Gasteiger partial charge is 0.463 e. The molecule has 4 heterocycles. The number of nitrogens with zero attached hydrogens (tertiary/aromatic N) is 6. The van der Waals surface area contributed by atoms with Crippen molar-refractivity contribution < 1.29 is 13.5 Å². The lowest BCUT2D eigenvalue weighted by atomic mass is 10.1. The van der Waals surface area contributed by atoms with Crippen molar-refractivity contribution >= 4 is 28.3 Å². The minimum atomic E-state index is -0.957. The highest BCUT2D eigenvalue weighted by Crippen LogP contribution is 2.31. The fraction of sp³-hybridized carbons (Fsp3) is 0.519. The highest BCUT2D eigenvalue weighted by Gasteiger charge is 2.25. The minimum Gasteiger partial charge on any atom is -0.463 e. The average Bonchev–Trinajstić information content (AvgIpc) is 2.91. The van der Waals surface area contributed by atoms with Crippen LogP contribution in [0.4, 0.5) is 14.6 Å². The van der Waals surface area contributed by atoms with Crippen molar-refractivity contribution in [3.63, 3.8) is 0 Å². The van der Waals surface area contributed by atoms with E-state index in [1.165, 1.54) is 11.8 Å². The zero-order chi connectivity index (χ0) is 25.8. The molecule has 0 saturated carbocycles. The second kappa shape index (κ2) is 11.8. The third-order valence-corrected chi connectivity index (χ3v) is 7.31. The van der Waals surface area contributed by atoms with Crippen LogP contribution in [0.3, 0.4) is 0 Å². The summed E-state index contributed by atoms with van der Waals surface area (Å²) in [4.78, 5) is 19.5. The smallest absolute Gasteiger partial charge is 0.319 e. The van der Waals surface area contributed by atoms with Crippen LogP contribution in [0.1, 0.15) is 25.3 Å². The molecule has 0 radical (unpaired) electrons. The van der Waals surface area contributed by atoms with Gasteiger partial charge in [-0.1, -0.05) is 48.9 Å². The van der Waals surface area contributed by atoms with Crippen molar-refractivity contribution in [1.29, 1.82) is 0 Å². The van der Waals surface area contributed by atoms with Gasteiger partial charge in [0.15, 0.2) is 11.0 Å². The van der Waals surface area contributed by atoms with Crippen molar-refractivity contribution in [3.05, 3.63) is 53.1 Å². The van der Waals surface area contributed by atoms with E-state index < -0.39 is 12.0 Å². The Morgan fingerprint density at radius 3 is 2.59 bits per heavy atom. The molecule has 0 unspecified atom stereocenters. The van der Waals surface area contributed by atoms with Gasteiger partial charge >= 0.3 is 6.01 Å². The SMILES string of the molecule is C[C@@H](COc1nc(N2CCC[C@@H](F)C2)c2cnc(Cl)c(F)c2n1)CN1CCN(Cc2ccccc2)CC1. The zero-order valence-electron chi connectivity index (χ0n) is 21.1. The molecular weight excluding hydrogens is 498 g/mol. The van der Waals surface area contributed by atoms with Crippen molar-refractivity contribution in [1.82, 2.24) is 24.8 Å². The van der Waals surface area contributed by atoms with Gasteiger partial charge in [0.05, 0.1) is 18.5 Å². The third kappa shape index (κ3) is 6.45. The molecule has 10 heteroatoms. The maximum Gasteiger partial charge on any atom is 0.319 e. The summed E-state index contributed by atoms with van der Waals surface area (Å²) in [5.41, 5.74) is 1.38. The number of rotatable bonds is 8. The Morgan fingerprint density at radius 2 is 1.84 bits per heavy atom. The van der Waals surface area contributed by atoms with Crippen LogP contribution in [0.25, 0.3) is 10.9 Å². The van der Waals surface area contributed by atoms with E-state index in [0.29, 0.717) is 37.2 Å². The van der Waals surface area contributed by atoms with Gasteiger partial charge in [0, 0.05) is 57.9 Å². The van der Waals surface area contributed by atoms with E-state index in [1.807, 2.05) is 11.0 Å². The van der Waals surface area contributed by atoms with Crippen LogP contribution >= 0.6 is 11.6 Å². The monoisotopic (exact) mass is 530 g/mol. The first-order valence-corrected chi connectivity index (χ1v) is 13.4. The highest BCUT2D eigenvalue weighted by molar-refractivity contribution is 6.30. The number of benzene rings is 1. The number of pyridine rings is 1. The van der Waals surface area contributed by atoms with Crippen molar-refractivity contribution in [2.24, 2.45) is 5.92 Å². The van der Waals surface area contributed by atoms with E-state index >= 15 is 0 Å². The lowest BCUT2D eigenvalue weighted by molar-refractivity contribution is 0.103. The number of alkyl halides is 1. The Labute approximate surface area is 221 Å². The Bertz CT molecular complexity index is 1190. The first kappa shape index (κ1) is 26.0. The molecule has 7 nitrogen and oxygen atoms in total. The third-order valence-electron chi connectivity index (χ3n) is 7.05. The molecule has 3 aromatic rings. The van der Waals surface area contributed by atoms with Crippen LogP contribution in [0.15, 0.2) is 36.5 Å². The summed E-state index contributed by atoms with van der Waals surface area (Å²) >= 11 is 5.92. The Kier molecular flexibility index (Phi) is 8.32. The molecule has 5 rings (SSSR count). The quantitative estimate of drug-likeness (QED) is 0.395. The predicted molar refractivity (Wildman–Crippen MR) is 141 cm³/mol. The molecule has 0 spiro atoms. The van der Waals surface area contributed by atoms with Gasteiger partial charge in [-0.05, 0) is 18.4 Å². The van der Waals surface area contributed by atoms with E-state index in [4.69, 9.17) is 16.3 Å². The number of anilines is 1. The summed E-state index contributed by atoms with van der Waals surface area (Å²) < 4.78 is 34.9. The molecule has 2 saturated heterocycles. The molecular formula is C27H33ClF2N6O. The lowest BCUT2D eigenvalue weighted by Gasteiger charge is -2.35. The van der Waals surface area contributed by atoms with E-state index in [0.717, 1.165) is 39.3 Å². The van der Waals surface area contributed by atoms with Gasteiger partial charge in [-0.3, -0.25) is 4.90 Å². The summed E-state index contributed by atoms with van der Waals surface area (Å²) in [5.74, 6) is -0.0602. The standard InChI is InChI=1S/C27H33ClF2N6O/c1-19(15-34-10-12-35(13-11-34)16-20-6-3-2-4-7-20)18-37-27-32-24-22(14-31-25(28)23(24)30)26(33-27)36-9-5-8-21(29)17-36/h2-4,6-7,14,19,21H,5,8-13,15-18H2,1H3/t19-,21-/m1/s1. The first-order valence-electron chi connectivity index (χ1n) is 13.0. The molecule has 0 bridgehead atoms. The number of piperidine rings is 1. The van der Waals surface area contributed by atoms with Gasteiger partial charge in [-0.25, -0.2) is 13.8 Å². The number of hydrogen-bond acceptors (Lipinski definition) is 7. The molecule has 2 aromatic heterocycles. The van der Waals surface area contributed by atoms with Crippen LogP contribution in [0, 0.1) is 11.7 Å². The average molecular weight is 531 g/mol. The Morgan fingerprint density at radius 1 is 1.08 bits per heavy atom. The van der Waals surface area contributed by atoms with Crippen LogP contribution < -0.4 is 9.64 Å². The van der Waals surface area contributed by atoms with Gasteiger partial charge in [0.2, 0.25) is 0 Å². The number of aromatic nitrogens is 3. The van der Waals surface area contributed by atoms with Crippen molar-refractivity contribution in [2.75, 3.05) is 57.3 Å². The zero-order valence-corrected chi connectivity index (χ0v) is 21.9. The number of ether oxygens (including phenoxy) is 1. The molecule has 2 fully saturated rings. The maximum atomic E-state index is 14.8. The molecule has 0 amide bonds. The molecule has 0 N–H and O–H groups in total. The number of hydrogen-bond donors (Lipinski definition) is 0.